The van der Waals surface area contributed by atoms with E-state index in [1.54, 1.807) is 41.1 Å². The van der Waals surface area contributed by atoms with Crippen LogP contribution >= 0.6 is 0 Å². The van der Waals surface area contributed by atoms with Crippen LogP contribution in [0.3, 0.4) is 0 Å². The molecule has 238 valence electrons. The SMILES string of the molecule is COC(=O)N(C)[C@@H]1[C@H](N)C[C@H](c2ccncc2Cc2ncc3ccc(-c4c(F)cc(C5(F)CCOCC5)cc4F)nn23)C[C@@H]1C. The Morgan fingerprint density at radius 3 is 2.58 bits per heavy atom. The van der Waals surface area contributed by atoms with Gasteiger partial charge in [0.2, 0.25) is 0 Å². The molecule has 12 heteroatoms. The average Bonchev–Trinajstić information content (AvgIpc) is 3.42. The van der Waals surface area contributed by atoms with E-state index in [9.17, 15) is 4.79 Å². The predicted molar refractivity (Wildman–Crippen MR) is 161 cm³/mol. The lowest BCUT2D eigenvalue weighted by Gasteiger charge is -2.43. The van der Waals surface area contributed by atoms with Crippen molar-refractivity contribution in [3.05, 3.63) is 83.1 Å². The number of hydrogen-bond donors (Lipinski definition) is 1. The fourth-order valence-corrected chi connectivity index (χ4v) is 7.16. The first-order valence-corrected chi connectivity index (χ1v) is 15.2. The second-order valence-corrected chi connectivity index (χ2v) is 12.3. The van der Waals surface area contributed by atoms with Crippen LogP contribution in [0.2, 0.25) is 0 Å². The number of aromatic nitrogens is 4. The molecule has 0 radical (unpaired) electrons. The molecule has 2 N–H and O–H groups in total. The van der Waals surface area contributed by atoms with E-state index in [-0.39, 0.29) is 66.8 Å². The number of rotatable bonds is 6. The number of halogens is 3. The quantitative estimate of drug-likeness (QED) is 0.301. The highest BCUT2D eigenvalue weighted by Gasteiger charge is 2.39. The van der Waals surface area contributed by atoms with Crippen LogP contribution in [-0.4, -0.2) is 70.0 Å². The molecule has 3 aromatic heterocycles. The maximum absolute atomic E-state index is 15.5. The predicted octanol–water partition coefficient (Wildman–Crippen LogP) is 5.54. The van der Waals surface area contributed by atoms with Crippen molar-refractivity contribution in [2.45, 2.75) is 62.7 Å². The Morgan fingerprint density at radius 2 is 1.89 bits per heavy atom. The summed E-state index contributed by atoms with van der Waals surface area (Å²) < 4.78 is 58.0. The smallest absolute Gasteiger partial charge is 0.409 e. The number of nitrogens with zero attached hydrogens (tertiary/aromatic N) is 5. The lowest BCUT2D eigenvalue weighted by atomic mass is 9.72. The van der Waals surface area contributed by atoms with E-state index in [4.69, 9.17) is 15.2 Å². The molecular formula is C33H37F3N6O3. The van der Waals surface area contributed by atoms with Gasteiger partial charge < -0.3 is 20.1 Å². The zero-order chi connectivity index (χ0) is 31.9. The van der Waals surface area contributed by atoms with Crippen LogP contribution in [0, 0.1) is 17.6 Å². The molecule has 1 aliphatic carbocycles. The number of carbonyl (C=O) groups is 1. The third-order valence-electron chi connectivity index (χ3n) is 9.43. The van der Waals surface area contributed by atoms with Gasteiger partial charge in [0.1, 0.15) is 23.1 Å². The van der Waals surface area contributed by atoms with E-state index in [1.807, 2.05) is 6.07 Å². The van der Waals surface area contributed by atoms with Crippen LogP contribution in [0.1, 0.15) is 61.0 Å². The Bertz CT molecular complexity index is 1670. The summed E-state index contributed by atoms with van der Waals surface area (Å²) in [5, 5.41) is 4.57. The number of hydrogen-bond acceptors (Lipinski definition) is 7. The van der Waals surface area contributed by atoms with Crippen LogP contribution in [0.4, 0.5) is 18.0 Å². The van der Waals surface area contributed by atoms with Crippen molar-refractivity contribution in [2.24, 2.45) is 11.7 Å². The van der Waals surface area contributed by atoms with Crippen molar-refractivity contribution < 1.29 is 27.4 Å². The van der Waals surface area contributed by atoms with Crippen molar-refractivity contribution in [3.63, 3.8) is 0 Å². The van der Waals surface area contributed by atoms with Crippen LogP contribution < -0.4 is 5.73 Å². The van der Waals surface area contributed by atoms with Gasteiger partial charge in [-0.25, -0.2) is 27.5 Å². The Kier molecular flexibility index (Phi) is 8.53. The van der Waals surface area contributed by atoms with Gasteiger partial charge in [0.15, 0.2) is 0 Å². The molecule has 0 spiro atoms. The number of likely N-dealkylation sites (N-methyl/N-ethyl adjacent to an activating group) is 1. The Morgan fingerprint density at radius 1 is 1.16 bits per heavy atom. The highest BCUT2D eigenvalue weighted by Crippen LogP contribution is 2.40. The number of imidazole rings is 1. The number of pyridine rings is 1. The number of amides is 1. The summed E-state index contributed by atoms with van der Waals surface area (Å²) in [7, 11) is 3.07. The molecule has 2 aliphatic rings. The van der Waals surface area contributed by atoms with E-state index in [0.29, 0.717) is 24.2 Å². The largest absolute Gasteiger partial charge is 0.453 e. The topological polar surface area (TPSA) is 108 Å². The molecule has 1 aromatic carbocycles. The summed E-state index contributed by atoms with van der Waals surface area (Å²) in [6, 6.07) is 6.94. The van der Waals surface area contributed by atoms with Crippen molar-refractivity contribution >= 4 is 11.6 Å². The summed E-state index contributed by atoms with van der Waals surface area (Å²) in [6.45, 7) is 2.48. The molecule has 0 bridgehead atoms. The van der Waals surface area contributed by atoms with Gasteiger partial charge in [-0.2, -0.15) is 5.10 Å². The number of ether oxygens (including phenoxy) is 2. The number of carbonyl (C=O) groups excluding carboxylic acids is 1. The third-order valence-corrected chi connectivity index (χ3v) is 9.43. The van der Waals surface area contributed by atoms with E-state index in [1.165, 1.54) is 13.2 Å². The molecule has 9 nitrogen and oxygen atoms in total. The minimum absolute atomic E-state index is 0.0296. The van der Waals surface area contributed by atoms with Crippen molar-refractivity contribution in [2.75, 3.05) is 27.4 Å². The third kappa shape index (κ3) is 5.88. The molecule has 1 aliphatic heterocycles. The standard InChI is InChI=1S/C33H37F3N6O3/c1-19-12-20(13-27(37)31(19)41(2)32(43)44-3)24-6-9-38-17-21(24)14-29-39-18-23-4-5-28(40-42(23)29)30-25(34)15-22(16-26(30)35)33(36)7-10-45-11-8-33/h4-6,9,15-20,27,31H,7-8,10-14,37H2,1-3H3/t19-,20+,27+,31-/m0/s1. The zero-order valence-electron chi connectivity index (χ0n) is 25.6. The molecular weight excluding hydrogens is 585 g/mol. The summed E-state index contributed by atoms with van der Waals surface area (Å²) in [4.78, 5) is 22.7. The minimum Gasteiger partial charge on any atom is -0.453 e. The highest BCUT2D eigenvalue weighted by molar-refractivity contribution is 5.67. The Balaban J connectivity index is 1.28. The number of alkyl halides is 1. The maximum atomic E-state index is 15.5. The number of methoxy groups -OCH3 is 1. The van der Waals surface area contributed by atoms with Gasteiger partial charge in [0.25, 0.3) is 0 Å². The number of benzene rings is 1. The maximum Gasteiger partial charge on any atom is 0.409 e. The van der Waals surface area contributed by atoms with Crippen LogP contribution in [-0.2, 0) is 21.6 Å². The van der Waals surface area contributed by atoms with Gasteiger partial charge >= 0.3 is 6.09 Å². The molecule has 4 atom stereocenters. The molecule has 1 saturated heterocycles. The van der Waals surface area contributed by atoms with Gasteiger partial charge in [0.05, 0.1) is 36.1 Å². The summed E-state index contributed by atoms with van der Waals surface area (Å²) in [6.07, 6.45) is 6.72. The van der Waals surface area contributed by atoms with Crippen LogP contribution in [0.5, 0.6) is 0 Å². The Hall–Kier alpha value is -4.03. The van der Waals surface area contributed by atoms with Crippen LogP contribution in [0.15, 0.2) is 48.9 Å². The van der Waals surface area contributed by atoms with Gasteiger partial charge in [-0.05, 0) is 71.7 Å². The number of fused-ring (bicyclic) bond motifs is 1. The second kappa shape index (κ2) is 12.4. The van der Waals surface area contributed by atoms with E-state index >= 15 is 13.2 Å². The first-order valence-electron chi connectivity index (χ1n) is 15.2. The summed E-state index contributed by atoms with van der Waals surface area (Å²) >= 11 is 0. The van der Waals surface area contributed by atoms with Gasteiger partial charge in [0, 0.05) is 58.0 Å². The lowest BCUT2D eigenvalue weighted by Crippen LogP contribution is -2.55. The fourth-order valence-electron chi connectivity index (χ4n) is 7.16. The second-order valence-electron chi connectivity index (χ2n) is 12.3. The zero-order valence-corrected chi connectivity index (χ0v) is 25.6. The molecule has 4 aromatic rings. The summed E-state index contributed by atoms with van der Waals surface area (Å²) in [5.41, 5.74) is 7.18. The van der Waals surface area contributed by atoms with Gasteiger partial charge in [-0.1, -0.05) is 6.92 Å². The molecule has 0 unspecified atom stereocenters. The first kappa shape index (κ1) is 31.0. The van der Waals surface area contributed by atoms with Crippen molar-refractivity contribution in [1.82, 2.24) is 24.5 Å². The minimum atomic E-state index is -1.84. The molecule has 6 rings (SSSR count). The summed E-state index contributed by atoms with van der Waals surface area (Å²) in [5.74, 6) is -0.942. The van der Waals surface area contributed by atoms with Crippen molar-refractivity contribution in [3.8, 4) is 11.3 Å². The first-order chi connectivity index (χ1) is 21.6. The lowest BCUT2D eigenvalue weighted by molar-refractivity contribution is -0.0117. The molecule has 4 heterocycles. The molecule has 2 fully saturated rings. The van der Waals surface area contributed by atoms with E-state index in [2.05, 4.69) is 22.0 Å². The highest BCUT2D eigenvalue weighted by atomic mass is 19.1. The van der Waals surface area contributed by atoms with Crippen molar-refractivity contribution in [1.29, 1.82) is 0 Å². The number of nitrogens with two attached hydrogens (primary N) is 1. The average molecular weight is 623 g/mol. The van der Waals surface area contributed by atoms with Gasteiger partial charge in [-0.15, -0.1) is 0 Å². The van der Waals surface area contributed by atoms with E-state index in [0.717, 1.165) is 29.7 Å². The fraction of sp³-hybridized carbons (Fsp3) is 0.455. The van der Waals surface area contributed by atoms with Crippen LogP contribution in [0.25, 0.3) is 16.8 Å². The monoisotopic (exact) mass is 622 g/mol. The normalized spacial score (nSPS) is 23.2. The Labute approximate surface area is 259 Å². The van der Waals surface area contributed by atoms with E-state index < -0.39 is 23.4 Å². The molecule has 45 heavy (non-hydrogen) atoms. The van der Waals surface area contributed by atoms with Gasteiger partial charge in [-0.3, -0.25) is 4.98 Å². The molecule has 1 saturated carbocycles. The molecule has 1 amide bonds.